The smallest absolute Gasteiger partial charge is 0.222 e. The van der Waals surface area contributed by atoms with Gasteiger partial charge in [0.05, 0.1) is 0 Å². The first-order valence-electron chi connectivity index (χ1n) is 9.62. The van der Waals surface area contributed by atoms with Gasteiger partial charge in [0.25, 0.3) is 0 Å². The van der Waals surface area contributed by atoms with Gasteiger partial charge in [-0.05, 0) is 73.0 Å². The van der Waals surface area contributed by atoms with Gasteiger partial charge in [-0.25, -0.2) is 0 Å². The van der Waals surface area contributed by atoms with Crippen LogP contribution in [0, 0.1) is 34.5 Å². The van der Waals surface area contributed by atoms with Crippen LogP contribution in [0.2, 0.25) is 0 Å². The fraction of sp³-hybridized carbons (Fsp3) is 0.950. The van der Waals surface area contributed by atoms with E-state index in [1.165, 1.54) is 38.5 Å². The molecule has 1 amide bonds. The molecule has 0 aromatic carbocycles. The van der Waals surface area contributed by atoms with E-state index >= 15 is 0 Å². The summed E-state index contributed by atoms with van der Waals surface area (Å²) in [6, 6.07) is 0.496. The number of carbonyl (C=O) groups excluding carboxylic acids is 1. The molecular weight excluding hydrogens is 270 g/mol. The summed E-state index contributed by atoms with van der Waals surface area (Å²) in [5, 5.41) is 0. The largest absolute Gasteiger partial charge is 0.342 e. The lowest BCUT2D eigenvalue weighted by Gasteiger charge is -2.63. The van der Waals surface area contributed by atoms with Gasteiger partial charge in [0.15, 0.2) is 0 Å². The number of piperidine rings is 1. The first kappa shape index (κ1) is 15.0. The van der Waals surface area contributed by atoms with Crippen LogP contribution >= 0.6 is 0 Å². The van der Waals surface area contributed by atoms with Gasteiger partial charge in [0.2, 0.25) is 5.91 Å². The predicted molar refractivity (Wildman–Crippen MR) is 89.3 cm³/mol. The molecule has 0 aromatic heterocycles. The molecule has 0 radical (unpaired) electrons. The average molecular weight is 303 g/mol. The van der Waals surface area contributed by atoms with Crippen LogP contribution in [0.5, 0.6) is 0 Å². The molecule has 1 heterocycles. The molecule has 0 spiro atoms. The zero-order valence-electron chi connectivity index (χ0n) is 14.9. The van der Waals surface area contributed by atoms with E-state index in [2.05, 4.69) is 32.7 Å². The first-order valence-corrected chi connectivity index (χ1v) is 9.62. The standard InChI is InChI=1S/C20H33NO/c1-13-12-16-20(3,11-8-17(22)21(16)4)15-7-10-19(2)9-5-6-14(19)18(13)15/h13-16,18H,5-12H2,1-4H3/t13-,14-,15-,16+,18-,19-,20+/m0/s1. The van der Waals surface area contributed by atoms with E-state index in [4.69, 9.17) is 0 Å². The monoisotopic (exact) mass is 303 g/mol. The van der Waals surface area contributed by atoms with E-state index in [0.717, 1.165) is 36.5 Å². The molecule has 2 nitrogen and oxygen atoms in total. The molecule has 2 heteroatoms. The molecule has 0 bridgehead atoms. The van der Waals surface area contributed by atoms with Gasteiger partial charge in [-0.1, -0.05) is 27.2 Å². The normalized spacial score (nSPS) is 54.6. The van der Waals surface area contributed by atoms with Crippen molar-refractivity contribution in [3.63, 3.8) is 0 Å². The first-order chi connectivity index (χ1) is 10.4. The summed E-state index contributed by atoms with van der Waals surface area (Å²) in [5.74, 6) is 3.91. The highest BCUT2D eigenvalue weighted by Crippen LogP contribution is 2.65. The molecule has 4 fully saturated rings. The van der Waals surface area contributed by atoms with Gasteiger partial charge in [-0.3, -0.25) is 4.79 Å². The lowest BCUT2D eigenvalue weighted by Crippen LogP contribution is -2.62. The Labute approximate surface area is 136 Å². The zero-order chi connectivity index (χ0) is 15.7. The molecule has 1 aliphatic heterocycles. The van der Waals surface area contributed by atoms with E-state index in [1.54, 1.807) is 0 Å². The molecule has 0 aromatic rings. The maximum Gasteiger partial charge on any atom is 0.222 e. The van der Waals surface area contributed by atoms with E-state index in [-0.39, 0.29) is 0 Å². The van der Waals surface area contributed by atoms with Gasteiger partial charge >= 0.3 is 0 Å². The minimum absolute atomic E-state index is 0.379. The third-order valence-corrected chi connectivity index (χ3v) is 8.71. The lowest BCUT2D eigenvalue weighted by atomic mass is 9.45. The molecule has 4 rings (SSSR count). The number of nitrogens with zero attached hydrogens (tertiary/aromatic N) is 1. The molecule has 22 heavy (non-hydrogen) atoms. The number of hydrogen-bond acceptors (Lipinski definition) is 1. The Balaban J connectivity index is 1.70. The number of rotatable bonds is 0. The number of amides is 1. The highest BCUT2D eigenvalue weighted by molar-refractivity contribution is 5.77. The Morgan fingerprint density at radius 3 is 2.64 bits per heavy atom. The minimum atomic E-state index is 0.379. The van der Waals surface area contributed by atoms with Crippen molar-refractivity contribution in [1.29, 1.82) is 0 Å². The second kappa shape index (κ2) is 4.74. The van der Waals surface area contributed by atoms with E-state index in [9.17, 15) is 4.79 Å². The summed E-state index contributed by atoms with van der Waals surface area (Å²) in [6.45, 7) is 7.61. The van der Waals surface area contributed by atoms with Crippen LogP contribution in [-0.2, 0) is 4.79 Å². The average Bonchev–Trinajstić information content (AvgIpc) is 2.87. The number of carbonyl (C=O) groups is 1. The summed E-state index contributed by atoms with van der Waals surface area (Å²) in [6.07, 6.45) is 10.4. The third kappa shape index (κ3) is 1.82. The van der Waals surface area contributed by atoms with Crippen molar-refractivity contribution in [2.75, 3.05) is 7.05 Å². The Morgan fingerprint density at radius 1 is 1.09 bits per heavy atom. The third-order valence-electron chi connectivity index (χ3n) is 8.71. The molecule has 0 unspecified atom stereocenters. The summed E-state index contributed by atoms with van der Waals surface area (Å²) in [7, 11) is 2.07. The van der Waals surface area contributed by atoms with Crippen molar-refractivity contribution in [3.05, 3.63) is 0 Å². The van der Waals surface area contributed by atoms with Crippen LogP contribution in [0.15, 0.2) is 0 Å². The zero-order valence-corrected chi connectivity index (χ0v) is 14.9. The number of fused-ring (bicyclic) bond motifs is 5. The quantitative estimate of drug-likeness (QED) is 0.646. The molecule has 7 atom stereocenters. The molecule has 124 valence electrons. The highest BCUT2D eigenvalue weighted by atomic mass is 16.2. The maximum atomic E-state index is 12.2. The number of likely N-dealkylation sites (tertiary alicyclic amines) is 1. The second-order valence-corrected chi connectivity index (χ2v) is 9.61. The fourth-order valence-corrected chi connectivity index (χ4v) is 7.45. The van der Waals surface area contributed by atoms with Crippen LogP contribution in [0.1, 0.15) is 72.1 Å². The second-order valence-electron chi connectivity index (χ2n) is 9.61. The molecular formula is C20H33NO. The summed E-state index contributed by atoms with van der Waals surface area (Å²) in [4.78, 5) is 14.3. The Morgan fingerprint density at radius 2 is 1.86 bits per heavy atom. The molecule has 3 saturated carbocycles. The van der Waals surface area contributed by atoms with Crippen molar-refractivity contribution in [3.8, 4) is 0 Å². The summed E-state index contributed by atoms with van der Waals surface area (Å²) in [5.41, 5.74) is 1.01. The van der Waals surface area contributed by atoms with Gasteiger partial charge in [-0.2, -0.15) is 0 Å². The Bertz CT molecular complexity index is 488. The molecule has 0 N–H and O–H groups in total. The van der Waals surface area contributed by atoms with Gasteiger partial charge in [-0.15, -0.1) is 0 Å². The summed E-state index contributed by atoms with van der Waals surface area (Å²) < 4.78 is 0. The Hall–Kier alpha value is -0.530. The van der Waals surface area contributed by atoms with Crippen molar-refractivity contribution in [2.45, 2.75) is 78.2 Å². The van der Waals surface area contributed by atoms with Crippen LogP contribution in [0.3, 0.4) is 0 Å². The van der Waals surface area contributed by atoms with Crippen LogP contribution in [0.25, 0.3) is 0 Å². The van der Waals surface area contributed by atoms with Gasteiger partial charge in [0.1, 0.15) is 0 Å². The predicted octanol–water partition coefficient (Wildman–Crippen LogP) is 4.49. The topological polar surface area (TPSA) is 20.3 Å². The SMILES string of the molecule is C[C@H]1C[C@H]2N(C)C(=O)CC[C@]2(C)[C@H]2CC[C@]3(C)CCC[C@H]3[C@H]12. The molecule has 4 aliphatic rings. The molecule has 3 aliphatic carbocycles. The van der Waals surface area contributed by atoms with E-state index < -0.39 is 0 Å². The van der Waals surface area contributed by atoms with Crippen LogP contribution < -0.4 is 0 Å². The van der Waals surface area contributed by atoms with Crippen molar-refractivity contribution in [2.24, 2.45) is 34.5 Å². The lowest BCUT2D eigenvalue weighted by molar-refractivity contribution is -0.164. The summed E-state index contributed by atoms with van der Waals surface area (Å²) >= 11 is 0. The van der Waals surface area contributed by atoms with Gasteiger partial charge in [0, 0.05) is 19.5 Å². The highest BCUT2D eigenvalue weighted by Gasteiger charge is 2.60. The van der Waals surface area contributed by atoms with Crippen molar-refractivity contribution < 1.29 is 4.79 Å². The minimum Gasteiger partial charge on any atom is -0.342 e. The molecule has 1 saturated heterocycles. The van der Waals surface area contributed by atoms with Gasteiger partial charge < -0.3 is 4.90 Å². The fourth-order valence-electron chi connectivity index (χ4n) is 7.45. The van der Waals surface area contributed by atoms with Crippen molar-refractivity contribution >= 4 is 5.91 Å². The van der Waals surface area contributed by atoms with Crippen LogP contribution in [-0.4, -0.2) is 23.9 Å². The maximum absolute atomic E-state index is 12.2. The van der Waals surface area contributed by atoms with E-state index in [1.807, 2.05) is 0 Å². The Kier molecular flexibility index (Phi) is 3.24. The van der Waals surface area contributed by atoms with Crippen LogP contribution in [0.4, 0.5) is 0 Å². The van der Waals surface area contributed by atoms with Crippen molar-refractivity contribution in [1.82, 2.24) is 4.90 Å². The number of hydrogen-bond donors (Lipinski definition) is 0. The van der Waals surface area contributed by atoms with E-state index in [0.29, 0.717) is 22.8 Å².